The van der Waals surface area contributed by atoms with Crippen molar-refractivity contribution in [2.45, 2.75) is 45.8 Å². The Balaban J connectivity index is 2.44. The van der Waals surface area contributed by atoms with E-state index in [4.69, 9.17) is 0 Å². The summed E-state index contributed by atoms with van der Waals surface area (Å²) < 4.78 is 0. The molecule has 1 rings (SSSR count). The van der Waals surface area contributed by atoms with Gasteiger partial charge in [0, 0.05) is 12.6 Å². The summed E-state index contributed by atoms with van der Waals surface area (Å²) in [6.45, 7) is 8.80. The van der Waals surface area contributed by atoms with E-state index in [1.54, 1.807) is 0 Å². The summed E-state index contributed by atoms with van der Waals surface area (Å²) in [5.74, 6) is 0.480. The second-order valence-corrected chi connectivity index (χ2v) is 4.25. The first-order valence-electron chi connectivity index (χ1n) is 5.03. The van der Waals surface area contributed by atoms with Crippen LogP contribution in [0.15, 0.2) is 0 Å². The molecule has 0 spiro atoms. The standard InChI is InChI=1S/C10H21NO/c1-8(2)11-6-4-9(3)10(12)5-7-11/h8-10,12H,4-7H2,1-3H3. The molecule has 0 saturated carbocycles. The van der Waals surface area contributed by atoms with Gasteiger partial charge in [-0.3, -0.25) is 0 Å². The van der Waals surface area contributed by atoms with E-state index in [0.717, 1.165) is 25.9 Å². The molecule has 72 valence electrons. The van der Waals surface area contributed by atoms with Crippen LogP contribution in [-0.2, 0) is 0 Å². The van der Waals surface area contributed by atoms with Gasteiger partial charge in [0.25, 0.3) is 0 Å². The molecule has 1 aliphatic rings. The lowest BCUT2D eigenvalue weighted by Crippen LogP contribution is -2.31. The average molecular weight is 171 g/mol. The Morgan fingerprint density at radius 2 is 1.83 bits per heavy atom. The number of hydrogen-bond acceptors (Lipinski definition) is 2. The Bertz CT molecular complexity index is 124. The summed E-state index contributed by atoms with van der Waals surface area (Å²) in [6.07, 6.45) is 2.01. The Labute approximate surface area is 75.6 Å². The van der Waals surface area contributed by atoms with Crippen molar-refractivity contribution in [3.05, 3.63) is 0 Å². The number of aliphatic hydroxyl groups is 1. The van der Waals surface area contributed by atoms with Crippen LogP contribution in [0.5, 0.6) is 0 Å². The summed E-state index contributed by atoms with van der Waals surface area (Å²) in [5, 5.41) is 9.63. The molecule has 0 bridgehead atoms. The van der Waals surface area contributed by atoms with E-state index in [1.165, 1.54) is 0 Å². The average Bonchev–Trinajstić information content (AvgIpc) is 2.16. The van der Waals surface area contributed by atoms with Crippen LogP contribution in [0.25, 0.3) is 0 Å². The fraction of sp³-hybridized carbons (Fsp3) is 1.00. The summed E-state index contributed by atoms with van der Waals surface area (Å²) in [5.41, 5.74) is 0. The summed E-state index contributed by atoms with van der Waals surface area (Å²) >= 11 is 0. The van der Waals surface area contributed by atoms with Crippen LogP contribution in [0.2, 0.25) is 0 Å². The van der Waals surface area contributed by atoms with Crippen molar-refractivity contribution in [3.63, 3.8) is 0 Å². The quantitative estimate of drug-likeness (QED) is 0.646. The lowest BCUT2D eigenvalue weighted by molar-refractivity contribution is 0.111. The maximum atomic E-state index is 9.63. The first kappa shape index (κ1) is 10.0. The van der Waals surface area contributed by atoms with Gasteiger partial charge in [0.1, 0.15) is 0 Å². The molecule has 1 saturated heterocycles. The van der Waals surface area contributed by atoms with Gasteiger partial charge in [0.05, 0.1) is 6.10 Å². The van der Waals surface area contributed by atoms with Gasteiger partial charge in [-0.25, -0.2) is 0 Å². The van der Waals surface area contributed by atoms with Gasteiger partial charge in [0.2, 0.25) is 0 Å². The minimum atomic E-state index is -0.0752. The Hall–Kier alpha value is -0.0800. The predicted molar refractivity (Wildman–Crippen MR) is 51.1 cm³/mol. The lowest BCUT2D eigenvalue weighted by Gasteiger charge is -2.23. The Morgan fingerprint density at radius 1 is 1.25 bits per heavy atom. The topological polar surface area (TPSA) is 23.5 Å². The molecule has 1 heterocycles. The molecule has 0 radical (unpaired) electrons. The maximum Gasteiger partial charge on any atom is 0.0578 e. The smallest absolute Gasteiger partial charge is 0.0578 e. The van der Waals surface area contributed by atoms with Gasteiger partial charge in [-0.1, -0.05) is 6.92 Å². The third-order valence-electron chi connectivity index (χ3n) is 2.97. The van der Waals surface area contributed by atoms with Crippen molar-refractivity contribution in [2.24, 2.45) is 5.92 Å². The highest BCUT2D eigenvalue weighted by Gasteiger charge is 2.21. The second-order valence-electron chi connectivity index (χ2n) is 4.25. The molecule has 0 aromatic carbocycles. The van der Waals surface area contributed by atoms with Crippen LogP contribution < -0.4 is 0 Å². The number of rotatable bonds is 1. The van der Waals surface area contributed by atoms with Crippen molar-refractivity contribution in [3.8, 4) is 0 Å². The molecule has 12 heavy (non-hydrogen) atoms. The molecule has 1 aliphatic heterocycles. The molecular formula is C10H21NO. The highest BCUT2D eigenvalue weighted by Crippen LogP contribution is 2.18. The monoisotopic (exact) mass is 171 g/mol. The third-order valence-corrected chi connectivity index (χ3v) is 2.97. The lowest BCUT2D eigenvalue weighted by atomic mass is 10.0. The molecule has 0 aliphatic carbocycles. The van der Waals surface area contributed by atoms with Crippen molar-refractivity contribution < 1.29 is 5.11 Å². The fourth-order valence-electron chi connectivity index (χ4n) is 1.77. The summed E-state index contributed by atoms with van der Waals surface area (Å²) in [4.78, 5) is 2.45. The van der Waals surface area contributed by atoms with Crippen molar-refractivity contribution in [1.82, 2.24) is 4.90 Å². The molecule has 2 unspecified atom stereocenters. The molecule has 2 heteroatoms. The molecule has 2 nitrogen and oxygen atoms in total. The summed E-state index contributed by atoms with van der Waals surface area (Å²) in [6, 6.07) is 0.627. The van der Waals surface area contributed by atoms with Crippen LogP contribution in [0.1, 0.15) is 33.6 Å². The van der Waals surface area contributed by atoms with Crippen LogP contribution in [-0.4, -0.2) is 35.2 Å². The van der Waals surface area contributed by atoms with E-state index in [2.05, 4.69) is 25.7 Å². The van der Waals surface area contributed by atoms with Crippen LogP contribution >= 0.6 is 0 Å². The van der Waals surface area contributed by atoms with Gasteiger partial charge in [-0.05, 0) is 39.2 Å². The molecule has 1 fully saturated rings. The van der Waals surface area contributed by atoms with Gasteiger partial charge in [-0.2, -0.15) is 0 Å². The molecule has 0 aromatic rings. The highest BCUT2D eigenvalue weighted by atomic mass is 16.3. The number of aliphatic hydroxyl groups excluding tert-OH is 1. The zero-order chi connectivity index (χ0) is 9.14. The number of likely N-dealkylation sites (tertiary alicyclic amines) is 1. The van der Waals surface area contributed by atoms with Crippen molar-refractivity contribution >= 4 is 0 Å². The molecule has 0 aromatic heterocycles. The van der Waals surface area contributed by atoms with E-state index >= 15 is 0 Å². The molecular weight excluding hydrogens is 150 g/mol. The minimum Gasteiger partial charge on any atom is -0.393 e. The second kappa shape index (κ2) is 4.24. The molecule has 1 N–H and O–H groups in total. The first-order valence-corrected chi connectivity index (χ1v) is 5.03. The number of nitrogens with zero attached hydrogens (tertiary/aromatic N) is 1. The van der Waals surface area contributed by atoms with Gasteiger partial charge in [-0.15, -0.1) is 0 Å². The normalized spacial score (nSPS) is 33.8. The fourth-order valence-corrected chi connectivity index (χ4v) is 1.77. The van der Waals surface area contributed by atoms with Crippen LogP contribution in [0.4, 0.5) is 0 Å². The van der Waals surface area contributed by atoms with E-state index < -0.39 is 0 Å². The minimum absolute atomic E-state index is 0.0752. The first-order chi connectivity index (χ1) is 5.61. The van der Waals surface area contributed by atoms with E-state index in [1.807, 2.05) is 0 Å². The van der Waals surface area contributed by atoms with Crippen molar-refractivity contribution in [2.75, 3.05) is 13.1 Å². The Morgan fingerprint density at radius 3 is 2.42 bits per heavy atom. The Kier molecular flexibility index (Phi) is 3.53. The largest absolute Gasteiger partial charge is 0.393 e. The molecule has 2 atom stereocenters. The number of hydrogen-bond donors (Lipinski definition) is 1. The van der Waals surface area contributed by atoms with Crippen molar-refractivity contribution in [1.29, 1.82) is 0 Å². The molecule has 0 amide bonds. The van der Waals surface area contributed by atoms with Gasteiger partial charge in [0.15, 0.2) is 0 Å². The van der Waals surface area contributed by atoms with E-state index in [-0.39, 0.29) is 6.10 Å². The predicted octanol–water partition coefficient (Wildman–Crippen LogP) is 1.49. The third kappa shape index (κ3) is 2.46. The van der Waals surface area contributed by atoms with Gasteiger partial charge < -0.3 is 10.0 Å². The highest BCUT2D eigenvalue weighted by molar-refractivity contribution is 4.75. The van der Waals surface area contributed by atoms with Crippen LogP contribution in [0, 0.1) is 5.92 Å². The van der Waals surface area contributed by atoms with Gasteiger partial charge >= 0.3 is 0 Å². The zero-order valence-electron chi connectivity index (χ0n) is 8.45. The zero-order valence-corrected chi connectivity index (χ0v) is 8.45. The maximum absolute atomic E-state index is 9.63. The van der Waals surface area contributed by atoms with E-state index in [0.29, 0.717) is 12.0 Å². The SMILES string of the molecule is CC1CCN(C(C)C)CCC1O. The van der Waals surface area contributed by atoms with E-state index in [9.17, 15) is 5.11 Å². The summed E-state index contributed by atoms with van der Waals surface area (Å²) in [7, 11) is 0. The van der Waals surface area contributed by atoms with Crippen LogP contribution in [0.3, 0.4) is 0 Å².